The van der Waals surface area contributed by atoms with E-state index in [1.165, 1.54) is 0 Å². The number of urea groups is 1. The van der Waals surface area contributed by atoms with Crippen molar-refractivity contribution in [1.82, 2.24) is 10.2 Å². The van der Waals surface area contributed by atoms with E-state index in [2.05, 4.69) is 5.32 Å². The summed E-state index contributed by atoms with van der Waals surface area (Å²) in [7, 11) is 0. The second kappa shape index (κ2) is 6.19. The number of carbonyl (C=O) groups is 1. The summed E-state index contributed by atoms with van der Waals surface area (Å²) < 4.78 is 5.20. The molecule has 6 heteroatoms. The highest BCUT2D eigenvalue weighted by Gasteiger charge is 2.22. The van der Waals surface area contributed by atoms with Gasteiger partial charge in [-0.2, -0.15) is 0 Å². The Labute approximate surface area is 112 Å². The van der Waals surface area contributed by atoms with Gasteiger partial charge < -0.3 is 20.7 Å². The molecule has 0 spiro atoms. The topological polar surface area (TPSA) is 91.4 Å². The molecular formula is C13H18N4O2. The largest absolute Gasteiger partial charge is 0.386 e. The summed E-state index contributed by atoms with van der Waals surface area (Å²) in [5.74, 6) is -0.0761. The van der Waals surface area contributed by atoms with Crippen molar-refractivity contribution in [2.45, 2.75) is 6.04 Å². The molecule has 6 nitrogen and oxygen atoms in total. The van der Waals surface area contributed by atoms with E-state index in [1.807, 2.05) is 30.3 Å². The summed E-state index contributed by atoms with van der Waals surface area (Å²) in [4.78, 5) is 13.8. The molecule has 4 N–H and O–H groups in total. The van der Waals surface area contributed by atoms with Crippen LogP contribution in [0.5, 0.6) is 0 Å². The van der Waals surface area contributed by atoms with Crippen LogP contribution in [-0.4, -0.2) is 43.1 Å². The van der Waals surface area contributed by atoms with Gasteiger partial charge in [0, 0.05) is 13.1 Å². The van der Waals surface area contributed by atoms with Crippen molar-refractivity contribution in [3.05, 3.63) is 35.9 Å². The lowest BCUT2D eigenvalue weighted by molar-refractivity contribution is 0.0529. The second-order valence-corrected chi connectivity index (χ2v) is 4.35. The van der Waals surface area contributed by atoms with Crippen LogP contribution in [0.1, 0.15) is 11.6 Å². The summed E-state index contributed by atoms with van der Waals surface area (Å²) in [6.07, 6.45) is 0. The maximum absolute atomic E-state index is 12.1. The Bertz CT molecular complexity index is 443. The van der Waals surface area contributed by atoms with E-state index < -0.39 is 6.04 Å². The molecule has 2 amide bonds. The molecule has 1 aliphatic rings. The van der Waals surface area contributed by atoms with E-state index in [4.69, 9.17) is 15.9 Å². The van der Waals surface area contributed by atoms with Crippen LogP contribution in [0.15, 0.2) is 30.3 Å². The average Bonchev–Trinajstić information content (AvgIpc) is 2.46. The number of hydrogen-bond donors (Lipinski definition) is 3. The molecule has 1 aromatic carbocycles. The number of morpholine rings is 1. The molecule has 0 bridgehead atoms. The van der Waals surface area contributed by atoms with E-state index in [0.29, 0.717) is 26.3 Å². The molecule has 102 valence electrons. The fraction of sp³-hybridized carbons (Fsp3) is 0.385. The number of rotatable bonds is 3. The Morgan fingerprint density at radius 2 is 1.95 bits per heavy atom. The number of nitrogens with zero attached hydrogens (tertiary/aromatic N) is 1. The number of nitrogens with two attached hydrogens (primary N) is 1. The quantitative estimate of drug-likeness (QED) is 0.553. The van der Waals surface area contributed by atoms with Gasteiger partial charge in [0.2, 0.25) is 0 Å². The molecule has 19 heavy (non-hydrogen) atoms. The van der Waals surface area contributed by atoms with Crippen molar-refractivity contribution in [2.24, 2.45) is 5.73 Å². The molecule has 1 saturated heterocycles. The van der Waals surface area contributed by atoms with Crippen LogP contribution in [0.3, 0.4) is 0 Å². The first kappa shape index (κ1) is 13.4. The smallest absolute Gasteiger partial charge is 0.318 e. The van der Waals surface area contributed by atoms with E-state index in [1.54, 1.807) is 4.90 Å². The van der Waals surface area contributed by atoms with E-state index >= 15 is 0 Å². The van der Waals surface area contributed by atoms with Crippen LogP contribution in [0, 0.1) is 5.41 Å². The first-order valence-corrected chi connectivity index (χ1v) is 6.20. The molecule has 1 atom stereocenters. The zero-order valence-electron chi connectivity index (χ0n) is 10.6. The Morgan fingerprint density at radius 1 is 1.32 bits per heavy atom. The number of ether oxygens (including phenoxy) is 1. The Hall–Kier alpha value is -2.08. The van der Waals surface area contributed by atoms with Crippen molar-refractivity contribution >= 4 is 11.9 Å². The van der Waals surface area contributed by atoms with Gasteiger partial charge in [-0.05, 0) is 5.56 Å². The molecule has 1 fully saturated rings. The van der Waals surface area contributed by atoms with Gasteiger partial charge in [-0.15, -0.1) is 0 Å². The minimum absolute atomic E-state index is 0.0761. The van der Waals surface area contributed by atoms with Gasteiger partial charge in [-0.3, -0.25) is 5.41 Å². The van der Waals surface area contributed by atoms with Crippen LogP contribution >= 0.6 is 0 Å². The molecule has 0 aliphatic carbocycles. The molecule has 0 aromatic heterocycles. The first-order valence-electron chi connectivity index (χ1n) is 6.20. The zero-order chi connectivity index (χ0) is 13.7. The van der Waals surface area contributed by atoms with Crippen LogP contribution < -0.4 is 11.1 Å². The van der Waals surface area contributed by atoms with E-state index in [9.17, 15) is 4.79 Å². The summed E-state index contributed by atoms with van der Waals surface area (Å²) in [6.45, 7) is 2.21. The Morgan fingerprint density at radius 3 is 2.53 bits per heavy atom. The second-order valence-electron chi connectivity index (χ2n) is 4.35. The third-order valence-electron chi connectivity index (χ3n) is 3.01. The summed E-state index contributed by atoms with van der Waals surface area (Å²) in [5.41, 5.74) is 6.37. The third-order valence-corrected chi connectivity index (χ3v) is 3.01. The van der Waals surface area contributed by atoms with Gasteiger partial charge in [0.05, 0.1) is 13.2 Å². The van der Waals surface area contributed by atoms with E-state index in [-0.39, 0.29) is 11.9 Å². The normalized spacial score (nSPS) is 16.7. The van der Waals surface area contributed by atoms with Crippen LogP contribution in [0.2, 0.25) is 0 Å². The molecular weight excluding hydrogens is 244 g/mol. The van der Waals surface area contributed by atoms with Gasteiger partial charge in [0.15, 0.2) is 0 Å². The van der Waals surface area contributed by atoms with E-state index in [0.717, 1.165) is 5.56 Å². The van der Waals surface area contributed by atoms with Gasteiger partial charge in [-0.1, -0.05) is 30.3 Å². The third kappa shape index (κ3) is 3.45. The lowest BCUT2D eigenvalue weighted by Gasteiger charge is -2.29. The first-order chi connectivity index (χ1) is 9.18. The molecule has 1 heterocycles. The Balaban J connectivity index is 2.04. The molecule has 0 radical (unpaired) electrons. The molecule has 2 rings (SSSR count). The van der Waals surface area contributed by atoms with Crippen LogP contribution in [0.4, 0.5) is 4.79 Å². The van der Waals surface area contributed by atoms with Crippen LogP contribution in [0.25, 0.3) is 0 Å². The summed E-state index contributed by atoms with van der Waals surface area (Å²) in [5, 5.41) is 10.4. The number of nitrogens with one attached hydrogen (secondary N) is 2. The highest BCUT2D eigenvalue weighted by Crippen LogP contribution is 2.12. The number of benzene rings is 1. The molecule has 0 saturated carbocycles. The van der Waals surface area contributed by atoms with Gasteiger partial charge in [0.1, 0.15) is 11.9 Å². The van der Waals surface area contributed by atoms with Crippen molar-refractivity contribution < 1.29 is 9.53 Å². The zero-order valence-corrected chi connectivity index (χ0v) is 10.6. The maximum Gasteiger partial charge on any atom is 0.318 e. The standard InChI is InChI=1S/C13H18N4O2/c14-12(15)11(10-4-2-1-3-5-10)16-13(18)17-6-8-19-9-7-17/h1-5,11H,6-9H2,(H3,14,15)(H,16,18). The van der Waals surface area contributed by atoms with Gasteiger partial charge in [0.25, 0.3) is 0 Å². The predicted molar refractivity (Wildman–Crippen MR) is 72.0 cm³/mol. The predicted octanol–water partition coefficient (Wildman–Crippen LogP) is 0.705. The molecule has 1 unspecified atom stereocenters. The van der Waals surface area contributed by atoms with Crippen molar-refractivity contribution in [1.29, 1.82) is 5.41 Å². The Kier molecular flexibility index (Phi) is 4.35. The number of hydrogen-bond acceptors (Lipinski definition) is 3. The number of amidine groups is 1. The number of amides is 2. The highest BCUT2D eigenvalue weighted by molar-refractivity contribution is 5.88. The average molecular weight is 262 g/mol. The lowest BCUT2D eigenvalue weighted by atomic mass is 10.1. The minimum atomic E-state index is -0.587. The van der Waals surface area contributed by atoms with Gasteiger partial charge in [-0.25, -0.2) is 4.79 Å². The van der Waals surface area contributed by atoms with Crippen LogP contribution in [-0.2, 0) is 4.74 Å². The van der Waals surface area contributed by atoms with Gasteiger partial charge >= 0.3 is 6.03 Å². The van der Waals surface area contributed by atoms with Crippen molar-refractivity contribution in [3.63, 3.8) is 0 Å². The number of carbonyl (C=O) groups excluding carboxylic acids is 1. The van der Waals surface area contributed by atoms with Crippen molar-refractivity contribution in [3.8, 4) is 0 Å². The monoisotopic (exact) mass is 262 g/mol. The summed E-state index contributed by atoms with van der Waals surface area (Å²) >= 11 is 0. The fourth-order valence-corrected chi connectivity index (χ4v) is 1.97. The molecule has 1 aliphatic heterocycles. The lowest BCUT2D eigenvalue weighted by Crippen LogP contribution is -2.49. The summed E-state index contributed by atoms with van der Waals surface area (Å²) in [6, 6.07) is 8.46. The van der Waals surface area contributed by atoms with Crippen molar-refractivity contribution in [2.75, 3.05) is 26.3 Å². The fourth-order valence-electron chi connectivity index (χ4n) is 1.97. The highest BCUT2D eigenvalue weighted by atomic mass is 16.5. The molecule has 1 aromatic rings. The minimum Gasteiger partial charge on any atom is -0.386 e. The maximum atomic E-state index is 12.1. The SMILES string of the molecule is N=C(N)C(NC(=O)N1CCOCC1)c1ccccc1.